The van der Waals surface area contributed by atoms with Gasteiger partial charge in [-0.2, -0.15) is 0 Å². The van der Waals surface area contributed by atoms with Gasteiger partial charge in [0.25, 0.3) is 0 Å². The van der Waals surface area contributed by atoms with Crippen molar-refractivity contribution in [3.8, 4) is 0 Å². The molecule has 0 saturated heterocycles. The van der Waals surface area contributed by atoms with Gasteiger partial charge in [-0.25, -0.2) is 0 Å². The molecule has 2 aliphatic rings. The van der Waals surface area contributed by atoms with Crippen molar-refractivity contribution < 1.29 is 0 Å². The molecular formula is C34H43N. The van der Waals surface area contributed by atoms with Crippen LogP contribution in [0.2, 0.25) is 0 Å². The maximum atomic E-state index is 4.40. The Morgan fingerprint density at radius 3 is 2.51 bits per heavy atom. The topological polar surface area (TPSA) is 12.0 Å². The molecule has 0 heterocycles. The van der Waals surface area contributed by atoms with Crippen molar-refractivity contribution in [2.75, 3.05) is 0 Å². The van der Waals surface area contributed by atoms with Gasteiger partial charge in [-0.3, -0.25) is 0 Å². The molecule has 1 heteroatoms. The third-order valence-corrected chi connectivity index (χ3v) is 7.36. The summed E-state index contributed by atoms with van der Waals surface area (Å²) < 4.78 is 0. The molecule has 2 aliphatic carbocycles. The van der Waals surface area contributed by atoms with Crippen LogP contribution in [0.4, 0.5) is 0 Å². The summed E-state index contributed by atoms with van der Waals surface area (Å²) in [6.45, 7) is 22.4. The fourth-order valence-corrected chi connectivity index (χ4v) is 4.92. The largest absolute Gasteiger partial charge is 0.379 e. The molecule has 3 rings (SSSR count). The van der Waals surface area contributed by atoms with Gasteiger partial charge in [0, 0.05) is 17.2 Å². The second-order valence-corrected chi connectivity index (χ2v) is 11.2. The Hall–Kier alpha value is -3.06. The summed E-state index contributed by atoms with van der Waals surface area (Å²) >= 11 is 0. The monoisotopic (exact) mass is 465 g/mol. The quantitative estimate of drug-likeness (QED) is 0.396. The van der Waals surface area contributed by atoms with Crippen molar-refractivity contribution >= 4 is 5.57 Å². The van der Waals surface area contributed by atoms with Crippen LogP contribution in [0.3, 0.4) is 0 Å². The summed E-state index contributed by atoms with van der Waals surface area (Å²) in [5.74, 6) is 0. The average Bonchev–Trinajstić information content (AvgIpc) is 2.99. The minimum Gasteiger partial charge on any atom is -0.379 e. The van der Waals surface area contributed by atoms with Crippen molar-refractivity contribution in [2.45, 2.75) is 73.3 Å². The first-order valence-corrected chi connectivity index (χ1v) is 12.8. The maximum absolute atomic E-state index is 4.40. The Bertz CT molecular complexity index is 1180. The van der Waals surface area contributed by atoms with Crippen molar-refractivity contribution in [3.05, 3.63) is 125 Å². The van der Waals surface area contributed by atoms with Gasteiger partial charge in [-0.05, 0) is 66.5 Å². The van der Waals surface area contributed by atoms with Crippen LogP contribution >= 0.6 is 0 Å². The summed E-state index contributed by atoms with van der Waals surface area (Å²) in [5.41, 5.74) is 10.5. The smallest absolute Gasteiger partial charge is 0.0419 e. The maximum Gasteiger partial charge on any atom is 0.0419 e. The van der Waals surface area contributed by atoms with E-state index in [1.54, 1.807) is 0 Å². The Labute approximate surface area is 214 Å². The van der Waals surface area contributed by atoms with Crippen molar-refractivity contribution in [1.82, 2.24) is 5.32 Å². The minimum absolute atomic E-state index is 0.0765. The molecule has 0 bridgehead atoms. The van der Waals surface area contributed by atoms with Crippen LogP contribution in [0.15, 0.2) is 114 Å². The van der Waals surface area contributed by atoms with Gasteiger partial charge in [-0.1, -0.05) is 125 Å². The molecule has 0 spiro atoms. The Kier molecular flexibility index (Phi) is 8.11. The molecule has 1 N–H and O–H groups in total. The van der Waals surface area contributed by atoms with Gasteiger partial charge in [0.2, 0.25) is 0 Å². The molecule has 1 aromatic carbocycles. The Balaban J connectivity index is 1.74. The van der Waals surface area contributed by atoms with E-state index in [4.69, 9.17) is 0 Å². The van der Waals surface area contributed by atoms with E-state index in [0.717, 1.165) is 17.7 Å². The average molecular weight is 466 g/mol. The minimum atomic E-state index is 0.0765. The molecule has 1 aromatic rings. The third-order valence-electron chi connectivity index (χ3n) is 7.36. The standard InChI is InChI=1S/C34H43N/c1-10-27(22-20-24(2)28-16-12-11-13-18-31(28)33(5,6)7)35-25(3)21-23-29-26(4)34(8,9)32-19-15-14-17-30(29)32/h10-17,19-23,25,35H,2,18H2,1,3-9H3/b22-20-,23-21-,27-10+. The van der Waals surface area contributed by atoms with E-state index < -0.39 is 0 Å². The van der Waals surface area contributed by atoms with E-state index in [2.05, 4.69) is 146 Å². The molecular weight excluding hydrogens is 422 g/mol. The summed E-state index contributed by atoms with van der Waals surface area (Å²) in [6, 6.07) is 8.98. The van der Waals surface area contributed by atoms with E-state index in [1.165, 1.54) is 33.4 Å². The highest BCUT2D eigenvalue weighted by molar-refractivity contribution is 5.85. The van der Waals surface area contributed by atoms with Crippen molar-refractivity contribution in [2.24, 2.45) is 5.41 Å². The third kappa shape index (κ3) is 5.96. The first-order valence-electron chi connectivity index (χ1n) is 12.8. The summed E-state index contributed by atoms with van der Waals surface area (Å²) in [6.07, 6.45) is 20.6. The normalized spacial score (nSPS) is 19.0. The lowest BCUT2D eigenvalue weighted by Crippen LogP contribution is -2.22. The summed E-state index contributed by atoms with van der Waals surface area (Å²) in [7, 11) is 0. The molecule has 0 fully saturated rings. The number of fused-ring (bicyclic) bond motifs is 1. The molecule has 0 aromatic heterocycles. The predicted octanol–water partition coefficient (Wildman–Crippen LogP) is 9.16. The number of rotatable bonds is 7. The van der Waals surface area contributed by atoms with Gasteiger partial charge in [-0.15, -0.1) is 0 Å². The van der Waals surface area contributed by atoms with E-state index in [1.807, 2.05) is 0 Å². The lowest BCUT2D eigenvalue weighted by atomic mass is 9.80. The second-order valence-electron chi connectivity index (χ2n) is 11.2. The summed E-state index contributed by atoms with van der Waals surface area (Å²) in [4.78, 5) is 0. The highest BCUT2D eigenvalue weighted by Gasteiger charge is 2.33. The van der Waals surface area contributed by atoms with Gasteiger partial charge >= 0.3 is 0 Å². The number of benzene rings is 1. The highest BCUT2D eigenvalue weighted by atomic mass is 14.9. The molecule has 0 aliphatic heterocycles. The molecule has 0 radical (unpaired) electrons. The molecule has 1 atom stereocenters. The SMILES string of the molecule is C=C(/C=C\C(=C/C)NC(C)/C=C\C1=C(C)C(C)(C)c2ccccc21)C1=C(C(C)(C)C)CC=CC=C1. The van der Waals surface area contributed by atoms with Crippen LogP contribution in [0.25, 0.3) is 5.57 Å². The molecule has 184 valence electrons. The highest BCUT2D eigenvalue weighted by Crippen LogP contribution is 2.46. The fourth-order valence-electron chi connectivity index (χ4n) is 4.92. The van der Waals surface area contributed by atoms with E-state index >= 15 is 0 Å². The van der Waals surface area contributed by atoms with Crippen LogP contribution in [0.1, 0.15) is 72.9 Å². The molecule has 35 heavy (non-hydrogen) atoms. The first kappa shape index (κ1) is 26.5. The molecule has 1 unspecified atom stereocenters. The molecule has 0 saturated carbocycles. The van der Waals surface area contributed by atoms with E-state index in [9.17, 15) is 0 Å². The van der Waals surface area contributed by atoms with Crippen LogP contribution in [0.5, 0.6) is 0 Å². The zero-order chi connectivity index (χ0) is 25.8. The number of hydrogen-bond acceptors (Lipinski definition) is 1. The van der Waals surface area contributed by atoms with Gasteiger partial charge in [0.1, 0.15) is 0 Å². The van der Waals surface area contributed by atoms with E-state index in [0.29, 0.717) is 0 Å². The van der Waals surface area contributed by atoms with E-state index in [-0.39, 0.29) is 16.9 Å². The van der Waals surface area contributed by atoms with Crippen LogP contribution < -0.4 is 5.32 Å². The lowest BCUT2D eigenvalue weighted by molar-refractivity contribution is 0.491. The lowest BCUT2D eigenvalue weighted by Gasteiger charge is -2.25. The zero-order valence-electron chi connectivity index (χ0n) is 23.0. The number of nitrogens with one attached hydrogen (secondary N) is 1. The van der Waals surface area contributed by atoms with Crippen LogP contribution in [-0.4, -0.2) is 6.04 Å². The zero-order valence-corrected chi connectivity index (χ0v) is 23.0. The molecule has 1 nitrogen and oxygen atoms in total. The fraction of sp³-hybridized carbons (Fsp3) is 0.353. The van der Waals surface area contributed by atoms with Gasteiger partial charge in [0.15, 0.2) is 0 Å². The van der Waals surface area contributed by atoms with Crippen molar-refractivity contribution in [1.29, 1.82) is 0 Å². The van der Waals surface area contributed by atoms with Gasteiger partial charge in [0.05, 0.1) is 0 Å². The Morgan fingerprint density at radius 2 is 1.83 bits per heavy atom. The van der Waals surface area contributed by atoms with Crippen molar-refractivity contribution in [3.63, 3.8) is 0 Å². The first-order chi connectivity index (χ1) is 16.5. The number of hydrogen-bond donors (Lipinski definition) is 1. The van der Waals surface area contributed by atoms with Gasteiger partial charge < -0.3 is 5.32 Å². The Morgan fingerprint density at radius 1 is 1.11 bits per heavy atom. The summed E-state index contributed by atoms with van der Waals surface area (Å²) in [5, 5.41) is 3.64. The van der Waals surface area contributed by atoms with Crippen LogP contribution in [0, 0.1) is 5.41 Å². The molecule has 0 amide bonds. The van der Waals surface area contributed by atoms with Crippen LogP contribution in [-0.2, 0) is 5.41 Å². The second kappa shape index (κ2) is 10.7. The number of allylic oxidation sites excluding steroid dienone is 13. The predicted molar refractivity (Wildman–Crippen MR) is 155 cm³/mol.